The number of carbonyl (C=O) groups excluding carboxylic acids is 1. The number of nitrogens with zero attached hydrogens (tertiary/aromatic N) is 2. The zero-order valence-corrected chi connectivity index (χ0v) is 17.6. The molecule has 0 aliphatic heterocycles. The first kappa shape index (κ1) is 21.7. The third kappa shape index (κ3) is 8.53. The molecule has 0 heterocycles. The summed E-state index contributed by atoms with van der Waals surface area (Å²) in [6.45, 7) is 4.56. The van der Waals surface area contributed by atoms with Crippen molar-refractivity contribution in [1.29, 1.82) is 0 Å². The van der Waals surface area contributed by atoms with E-state index < -0.39 is 0 Å². The van der Waals surface area contributed by atoms with Crippen LogP contribution in [0.15, 0.2) is 29.3 Å². The Bertz CT molecular complexity index is 576. The van der Waals surface area contributed by atoms with Crippen LogP contribution in [0.3, 0.4) is 0 Å². The molecule has 0 unspecified atom stereocenters. The van der Waals surface area contributed by atoms with Gasteiger partial charge in [-0.3, -0.25) is 9.79 Å². The van der Waals surface area contributed by atoms with Crippen molar-refractivity contribution in [3.8, 4) is 0 Å². The molecule has 0 bridgehead atoms. The van der Waals surface area contributed by atoms with Gasteiger partial charge in [0, 0.05) is 46.4 Å². The van der Waals surface area contributed by atoms with Gasteiger partial charge in [-0.15, -0.1) is 24.0 Å². The fraction of sp³-hybridized carbons (Fsp3) is 0.556. The van der Waals surface area contributed by atoms with Crippen LogP contribution in [0.2, 0.25) is 0 Å². The van der Waals surface area contributed by atoms with Crippen molar-refractivity contribution in [2.75, 3.05) is 39.2 Å². The van der Waals surface area contributed by atoms with Crippen LogP contribution in [0.25, 0.3) is 0 Å². The van der Waals surface area contributed by atoms with E-state index in [2.05, 4.69) is 20.5 Å². The summed E-state index contributed by atoms with van der Waals surface area (Å²) in [6, 6.07) is 7.79. The number of halogens is 1. The smallest absolute Gasteiger partial charge is 0.221 e. The van der Waals surface area contributed by atoms with Crippen molar-refractivity contribution in [3.63, 3.8) is 0 Å². The summed E-state index contributed by atoms with van der Waals surface area (Å²) >= 11 is 0. The van der Waals surface area contributed by atoms with Crippen molar-refractivity contribution >= 4 is 41.5 Å². The molecule has 0 spiro atoms. The molecule has 0 atom stereocenters. The number of rotatable bonds is 8. The van der Waals surface area contributed by atoms with Crippen LogP contribution in [0.5, 0.6) is 0 Å². The minimum atomic E-state index is -0.0677. The Morgan fingerprint density at radius 1 is 1.40 bits per heavy atom. The molecule has 1 aromatic rings. The van der Waals surface area contributed by atoms with Gasteiger partial charge in [0.25, 0.3) is 0 Å². The van der Waals surface area contributed by atoms with E-state index in [1.807, 2.05) is 31.3 Å². The fourth-order valence-corrected chi connectivity index (χ4v) is 2.37. The van der Waals surface area contributed by atoms with E-state index >= 15 is 0 Å². The molecule has 1 aromatic carbocycles. The van der Waals surface area contributed by atoms with Gasteiger partial charge >= 0.3 is 0 Å². The lowest BCUT2D eigenvalue weighted by atomic mass is 10.2. The number of hydrogen-bond acceptors (Lipinski definition) is 3. The molecule has 1 saturated carbocycles. The second kappa shape index (κ2) is 11.3. The molecule has 6 nitrogen and oxygen atoms in total. The summed E-state index contributed by atoms with van der Waals surface area (Å²) in [7, 11) is 3.78. The molecule has 1 aliphatic rings. The number of aliphatic imine (C=N–C) groups is 1. The van der Waals surface area contributed by atoms with Crippen molar-refractivity contribution in [2.45, 2.75) is 26.3 Å². The highest BCUT2D eigenvalue weighted by molar-refractivity contribution is 14.0. The monoisotopic (exact) mass is 460 g/mol. The van der Waals surface area contributed by atoms with Gasteiger partial charge in [0.05, 0.1) is 6.61 Å². The quantitative estimate of drug-likeness (QED) is 0.271. The van der Waals surface area contributed by atoms with Gasteiger partial charge in [0.1, 0.15) is 0 Å². The number of benzene rings is 1. The zero-order chi connectivity index (χ0) is 17.4. The predicted octanol–water partition coefficient (Wildman–Crippen LogP) is 2.70. The van der Waals surface area contributed by atoms with Crippen molar-refractivity contribution in [2.24, 2.45) is 10.9 Å². The maximum atomic E-state index is 11.1. The van der Waals surface area contributed by atoms with Crippen LogP contribution in [0, 0.1) is 5.92 Å². The normalized spacial score (nSPS) is 13.8. The van der Waals surface area contributed by atoms with Gasteiger partial charge in [-0.1, -0.05) is 12.1 Å². The lowest BCUT2D eigenvalue weighted by Crippen LogP contribution is -2.40. The topological polar surface area (TPSA) is 66.0 Å². The number of guanidine groups is 1. The number of anilines is 1. The number of hydrogen-bond donors (Lipinski definition) is 2. The molecule has 1 aliphatic carbocycles. The molecule has 1 fully saturated rings. The second-order valence-corrected chi connectivity index (χ2v) is 6.22. The summed E-state index contributed by atoms with van der Waals surface area (Å²) in [5, 5.41) is 6.13. The average Bonchev–Trinajstić information content (AvgIpc) is 3.36. The third-order valence-electron chi connectivity index (χ3n) is 3.89. The van der Waals surface area contributed by atoms with Crippen LogP contribution >= 0.6 is 24.0 Å². The highest BCUT2D eigenvalue weighted by atomic mass is 127. The maximum Gasteiger partial charge on any atom is 0.221 e. The van der Waals surface area contributed by atoms with Gasteiger partial charge in [-0.2, -0.15) is 0 Å². The van der Waals surface area contributed by atoms with Crippen LogP contribution < -0.4 is 10.6 Å². The largest absolute Gasteiger partial charge is 0.379 e. The van der Waals surface area contributed by atoms with E-state index in [0.29, 0.717) is 13.2 Å². The van der Waals surface area contributed by atoms with Crippen molar-refractivity contribution in [1.82, 2.24) is 10.2 Å². The number of ether oxygens (including phenoxy) is 1. The molecule has 140 valence electrons. The van der Waals surface area contributed by atoms with E-state index in [-0.39, 0.29) is 29.9 Å². The SMILES string of the molecule is CN=C(NCc1cccc(NC(C)=O)c1)N(C)CCOCC1CC1.I. The molecule has 0 saturated heterocycles. The molecule has 0 aromatic heterocycles. The Morgan fingerprint density at radius 3 is 2.80 bits per heavy atom. The lowest BCUT2D eigenvalue weighted by Gasteiger charge is -2.22. The first-order chi connectivity index (χ1) is 11.6. The van der Waals surface area contributed by atoms with E-state index in [1.54, 1.807) is 7.05 Å². The molecule has 0 radical (unpaired) electrons. The number of likely N-dealkylation sites (N-methyl/N-ethyl adjacent to an activating group) is 1. The Kier molecular flexibility index (Phi) is 9.81. The van der Waals surface area contributed by atoms with Crippen LogP contribution in [0.4, 0.5) is 5.69 Å². The molecule has 2 N–H and O–H groups in total. The standard InChI is InChI=1S/C18H28N4O2.HI/c1-14(23)21-17-6-4-5-16(11-17)12-20-18(19-2)22(3)9-10-24-13-15-7-8-15;/h4-6,11,15H,7-10,12-13H2,1-3H3,(H,19,20)(H,21,23);1H. The Balaban J connectivity index is 0.00000312. The predicted molar refractivity (Wildman–Crippen MR) is 113 cm³/mol. The number of carbonyl (C=O) groups is 1. The second-order valence-electron chi connectivity index (χ2n) is 6.22. The molecule has 2 rings (SSSR count). The highest BCUT2D eigenvalue weighted by Gasteiger charge is 2.21. The van der Waals surface area contributed by atoms with Gasteiger partial charge in [-0.05, 0) is 36.5 Å². The zero-order valence-electron chi connectivity index (χ0n) is 15.2. The maximum absolute atomic E-state index is 11.1. The van der Waals surface area contributed by atoms with Crippen molar-refractivity contribution < 1.29 is 9.53 Å². The Morgan fingerprint density at radius 2 is 2.16 bits per heavy atom. The van der Waals surface area contributed by atoms with Gasteiger partial charge in [0.15, 0.2) is 5.96 Å². The van der Waals surface area contributed by atoms with Gasteiger partial charge in [-0.25, -0.2) is 0 Å². The van der Waals surface area contributed by atoms with E-state index in [9.17, 15) is 4.79 Å². The average molecular weight is 460 g/mol. The van der Waals surface area contributed by atoms with Gasteiger partial charge in [0.2, 0.25) is 5.91 Å². The summed E-state index contributed by atoms with van der Waals surface area (Å²) in [4.78, 5) is 17.5. The molecule has 25 heavy (non-hydrogen) atoms. The van der Waals surface area contributed by atoms with Crippen LogP contribution in [-0.4, -0.2) is 50.6 Å². The minimum Gasteiger partial charge on any atom is -0.379 e. The molecule has 7 heteroatoms. The van der Waals surface area contributed by atoms with Crippen LogP contribution in [0.1, 0.15) is 25.3 Å². The lowest BCUT2D eigenvalue weighted by molar-refractivity contribution is -0.114. The summed E-state index contributed by atoms with van der Waals surface area (Å²) in [6.07, 6.45) is 2.63. The van der Waals surface area contributed by atoms with Crippen molar-refractivity contribution in [3.05, 3.63) is 29.8 Å². The summed E-state index contributed by atoms with van der Waals surface area (Å²) in [5.41, 5.74) is 1.89. The van der Waals surface area contributed by atoms with Gasteiger partial charge < -0.3 is 20.3 Å². The molecule has 1 amide bonds. The Labute approximate surface area is 167 Å². The first-order valence-corrected chi connectivity index (χ1v) is 8.44. The number of nitrogens with one attached hydrogen (secondary N) is 2. The number of amides is 1. The highest BCUT2D eigenvalue weighted by Crippen LogP contribution is 2.28. The van der Waals surface area contributed by atoms with E-state index in [0.717, 1.165) is 36.3 Å². The molecular formula is C18H29IN4O2. The summed E-state index contributed by atoms with van der Waals surface area (Å²) < 4.78 is 5.67. The van der Waals surface area contributed by atoms with E-state index in [1.165, 1.54) is 19.8 Å². The first-order valence-electron chi connectivity index (χ1n) is 8.44. The molecular weight excluding hydrogens is 431 g/mol. The Hall–Kier alpha value is -1.35. The van der Waals surface area contributed by atoms with E-state index in [4.69, 9.17) is 4.74 Å². The third-order valence-corrected chi connectivity index (χ3v) is 3.89. The van der Waals surface area contributed by atoms with Crippen LogP contribution in [-0.2, 0) is 16.1 Å². The minimum absolute atomic E-state index is 0. The summed E-state index contributed by atoms with van der Waals surface area (Å²) in [5.74, 6) is 1.56. The fourth-order valence-electron chi connectivity index (χ4n) is 2.37.